The van der Waals surface area contributed by atoms with Crippen LogP contribution in [0.25, 0.3) is 0 Å². The van der Waals surface area contributed by atoms with Crippen molar-refractivity contribution in [1.29, 1.82) is 0 Å². The fraction of sp³-hybridized carbons (Fsp3) is 1.00. The second-order valence-corrected chi connectivity index (χ2v) is 8.43. The smallest absolute Gasteiger partial charge is 0.0164 e. The molecule has 2 heteroatoms. The van der Waals surface area contributed by atoms with Gasteiger partial charge in [0.25, 0.3) is 0 Å². The summed E-state index contributed by atoms with van der Waals surface area (Å²) in [7, 11) is 0. The van der Waals surface area contributed by atoms with Gasteiger partial charge in [-0.2, -0.15) is 0 Å². The van der Waals surface area contributed by atoms with Crippen molar-refractivity contribution < 1.29 is 0 Å². The Bertz CT molecular complexity index is 276. The first-order chi connectivity index (χ1) is 8.19. The summed E-state index contributed by atoms with van der Waals surface area (Å²) in [5.74, 6) is 0. The summed E-state index contributed by atoms with van der Waals surface area (Å²) in [6, 6.07) is 1.93. The van der Waals surface area contributed by atoms with Gasteiger partial charge in [0.2, 0.25) is 0 Å². The van der Waals surface area contributed by atoms with Gasteiger partial charge in [-0.15, -0.1) is 0 Å². The Morgan fingerprint density at radius 3 is 1.94 bits per heavy atom. The van der Waals surface area contributed by atoms with Crippen molar-refractivity contribution in [2.24, 2.45) is 11.1 Å². The van der Waals surface area contributed by atoms with E-state index in [1.54, 1.807) is 0 Å². The summed E-state index contributed by atoms with van der Waals surface area (Å²) < 4.78 is 0. The lowest BCUT2D eigenvalue weighted by Crippen LogP contribution is -2.63. The lowest BCUT2D eigenvalue weighted by molar-refractivity contribution is -0.0587. The Balaban J connectivity index is 2.16. The molecule has 2 N–H and O–H groups in total. The Labute approximate surface area is 113 Å². The van der Waals surface area contributed by atoms with Gasteiger partial charge in [0.15, 0.2) is 0 Å². The zero-order valence-corrected chi connectivity index (χ0v) is 13.0. The highest BCUT2D eigenvalue weighted by Gasteiger charge is 2.44. The van der Waals surface area contributed by atoms with Crippen LogP contribution in [0.3, 0.4) is 0 Å². The Morgan fingerprint density at radius 1 is 1.00 bits per heavy atom. The van der Waals surface area contributed by atoms with Crippen molar-refractivity contribution in [2.75, 3.05) is 0 Å². The van der Waals surface area contributed by atoms with E-state index in [9.17, 15) is 0 Å². The van der Waals surface area contributed by atoms with Crippen LogP contribution in [0.5, 0.6) is 0 Å². The predicted molar refractivity (Wildman–Crippen MR) is 78.6 cm³/mol. The molecule has 2 atom stereocenters. The molecule has 0 aromatic heterocycles. The fourth-order valence-electron chi connectivity index (χ4n) is 4.80. The molecule has 2 bridgehead atoms. The molecule has 2 nitrogen and oxygen atoms in total. The molecule has 2 rings (SSSR count). The van der Waals surface area contributed by atoms with Crippen molar-refractivity contribution >= 4 is 0 Å². The van der Waals surface area contributed by atoms with Crippen LogP contribution in [0.2, 0.25) is 0 Å². The summed E-state index contributed by atoms with van der Waals surface area (Å²) in [6.07, 6.45) is 7.82. The van der Waals surface area contributed by atoms with Gasteiger partial charge in [-0.05, 0) is 51.4 Å². The van der Waals surface area contributed by atoms with Crippen molar-refractivity contribution in [3.05, 3.63) is 0 Å². The average molecular weight is 252 g/mol. The summed E-state index contributed by atoms with van der Waals surface area (Å²) in [5.41, 5.74) is 6.94. The minimum absolute atomic E-state index is 0.314. The fourth-order valence-corrected chi connectivity index (χ4v) is 4.80. The van der Waals surface area contributed by atoms with Gasteiger partial charge in [-0.25, -0.2) is 0 Å². The van der Waals surface area contributed by atoms with Crippen LogP contribution in [0, 0.1) is 5.41 Å². The maximum absolute atomic E-state index is 6.23. The minimum Gasteiger partial charge on any atom is -0.328 e. The molecule has 2 aliphatic heterocycles. The zero-order valence-electron chi connectivity index (χ0n) is 13.0. The van der Waals surface area contributed by atoms with Crippen LogP contribution >= 0.6 is 0 Å². The molecule has 2 heterocycles. The van der Waals surface area contributed by atoms with E-state index in [2.05, 4.69) is 39.5 Å². The second-order valence-electron chi connectivity index (χ2n) is 8.43. The first-order valence-corrected chi connectivity index (χ1v) is 7.73. The third kappa shape index (κ3) is 3.08. The number of fused-ring (bicyclic) bond motifs is 2. The molecule has 106 valence electrons. The van der Waals surface area contributed by atoms with Gasteiger partial charge in [0, 0.05) is 23.7 Å². The van der Waals surface area contributed by atoms with E-state index in [4.69, 9.17) is 5.73 Å². The third-order valence-corrected chi connectivity index (χ3v) is 4.67. The van der Waals surface area contributed by atoms with Crippen molar-refractivity contribution in [3.8, 4) is 0 Å². The highest BCUT2D eigenvalue weighted by molar-refractivity contribution is 5.01. The quantitative estimate of drug-likeness (QED) is 0.814. The van der Waals surface area contributed by atoms with Crippen LogP contribution in [0.15, 0.2) is 0 Å². The van der Waals surface area contributed by atoms with E-state index in [1.165, 1.54) is 38.5 Å². The van der Waals surface area contributed by atoms with Gasteiger partial charge in [0.05, 0.1) is 0 Å². The minimum atomic E-state index is 0.314. The molecule has 2 saturated heterocycles. The van der Waals surface area contributed by atoms with E-state index in [1.807, 2.05) is 0 Å². The Morgan fingerprint density at radius 2 is 1.50 bits per heavy atom. The molecule has 0 aliphatic carbocycles. The molecule has 2 fully saturated rings. The molecule has 18 heavy (non-hydrogen) atoms. The molecule has 0 aromatic carbocycles. The average Bonchev–Trinajstić information content (AvgIpc) is 2.11. The van der Waals surface area contributed by atoms with Gasteiger partial charge in [-0.1, -0.05) is 27.2 Å². The van der Waals surface area contributed by atoms with Gasteiger partial charge in [0.1, 0.15) is 0 Å². The van der Waals surface area contributed by atoms with E-state index < -0.39 is 0 Å². The molecule has 2 unspecified atom stereocenters. The third-order valence-electron chi connectivity index (χ3n) is 4.67. The normalized spacial score (nSPS) is 34.7. The van der Waals surface area contributed by atoms with E-state index in [0.29, 0.717) is 17.0 Å². The maximum atomic E-state index is 6.23. The number of nitrogens with zero attached hydrogens (tertiary/aromatic N) is 1. The Hall–Kier alpha value is -0.0800. The summed E-state index contributed by atoms with van der Waals surface area (Å²) in [4.78, 5) is 2.84. The molecular formula is C16H32N2. The summed E-state index contributed by atoms with van der Waals surface area (Å²) in [5, 5.41) is 0. The number of rotatable bonds is 2. The number of piperidine rings is 2. The Kier molecular flexibility index (Phi) is 3.81. The van der Waals surface area contributed by atoms with Crippen LogP contribution in [-0.4, -0.2) is 28.6 Å². The molecule has 0 aromatic rings. The van der Waals surface area contributed by atoms with Gasteiger partial charge >= 0.3 is 0 Å². The van der Waals surface area contributed by atoms with Crippen LogP contribution in [0.4, 0.5) is 0 Å². The van der Waals surface area contributed by atoms with E-state index in [0.717, 1.165) is 12.1 Å². The van der Waals surface area contributed by atoms with Crippen LogP contribution in [-0.2, 0) is 0 Å². The summed E-state index contributed by atoms with van der Waals surface area (Å²) >= 11 is 0. The largest absolute Gasteiger partial charge is 0.328 e. The number of hydrogen-bond donors (Lipinski definition) is 1. The molecule has 0 saturated carbocycles. The van der Waals surface area contributed by atoms with Crippen molar-refractivity contribution in [2.45, 2.75) is 96.8 Å². The van der Waals surface area contributed by atoms with Gasteiger partial charge < -0.3 is 5.73 Å². The highest BCUT2D eigenvalue weighted by Crippen LogP contribution is 2.42. The van der Waals surface area contributed by atoms with Crippen LogP contribution in [0.1, 0.15) is 73.1 Å². The first-order valence-electron chi connectivity index (χ1n) is 7.73. The molecule has 0 amide bonds. The standard InChI is InChI=1S/C16H32N2/c1-15(2,3)11-16(4,5)18-13-7-6-8-14(18)10-12(17)9-13/h12-14H,6-11,17H2,1-5H3. The second kappa shape index (κ2) is 4.79. The highest BCUT2D eigenvalue weighted by atomic mass is 15.3. The first kappa shape index (κ1) is 14.3. The molecule has 0 radical (unpaired) electrons. The van der Waals surface area contributed by atoms with Crippen LogP contribution < -0.4 is 5.73 Å². The lowest BCUT2D eigenvalue weighted by atomic mass is 9.74. The molecule has 2 aliphatic rings. The van der Waals surface area contributed by atoms with Crippen molar-refractivity contribution in [1.82, 2.24) is 4.90 Å². The van der Waals surface area contributed by atoms with E-state index in [-0.39, 0.29) is 0 Å². The lowest BCUT2D eigenvalue weighted by Gasteiger charge is -2.56. The summed E-state index contributed by atoms with van der Waals surface area (Å²) in [6.45, 7) is 12.0. The number of hydrogen-bond acceptors (Lipinski definition) is 2. The number of nitrogens with two attached hydrogens (primary N) is 1. The van der Waals surface area contributed by atoms with Gasteiger partial charge in [-0.3, -0.25) is 4.90 Å². The van der Waals surface area contributed by atoms with E-state index >= 15 is 0 Å². The zero-order chi connectivity index (χ0) is 13.6. The van der Waals surface area contributed by atoms with Crippen molar-refractivity contribution in [3.63, 3.8) is 0 Å². The predicted octanol–water partition coefficient (Wildman–Crippen LogP) is 3.55. The topological polar surface area (TPSA) is 29.3 Å². The molecular weight excluding hydrogens is 220 g/mol. The SMILES string of the molecule is CC(C)(C)CC(C)(C)N1C2CCCC1CC(N)C2. The molecule has 0 spiro atoms. The monoisotopic (exact) mass is 252 g/mol. The maximum Gasteiger partial charge on any atom is 0.0164 e.